The first-order chi connectivity index (χ1) is 8.99. The molecule has 1 saturated heterocycles. The molecule has 1 fully saturated rings. The number of ether oxygens (including phenoxy) is 2. The fraction of sp³-hybridized carbons (Fsp3) is 0.600. The Labute approximate surface area is 115 Å². The van der Waals surface area contributed by atoms with E-state index in [1.54, 1.807) is 7.11 Å². The first-order valence-corrected chi connectivity index (χ1v) is 6.75. The highest BCUT2D eigenvalue weighted by Crippen LogP contribution is 2.34. The maximum absolute atomic E-state index is 6.02. The number of nitrogens with one attached hydrogen (secondary N) is 1. The molecule has 0 spiro atoms. The molecule has 1 heterocycles. The van der Waals surface area contributed by atoms with Gasteiger partial charge in [-0.3, -0.25) is 0 Å². The summed E-state index contributed by atoms with van der Waals surface area (Å²) in [7, 11) is 1.67. The van der Waals surface area contributed by atoms with Gasteiger partial charge in [-0.1, -0.05) is 0 Å². The van der Waals surface area contributed by atoms with Crippen molar-refractivity contribution in [3.05, 3.63) is 24.3 Å². The molecular weight excluding hydrogens is 240 g/mol. The van der Waals surface area contributed by atoms with Crippen molar-refractivity contribution in [2.75, 3.05) is 25.6 Å². The Morgan fingerprint density at radius 2 is 2.00 bits per heavy atom. The number of rotatable bonds is 4. The van der Waals surface area contributed by atoms with E-state index in [1.807, 2.05) is 24.3 Å². The number of hydrogen-bond acceptors (Lipinski definition) is 4. The molecule has 0 aliphatic carbocycles. The minimum Gasteiger partial charge on any atom is -0.497 e. The van der Waals surface area contributed by atoms with Crippen LogP contribution in [0.4, 0.5) is 5.69 Å². The van der Waals surface area contributed by atoms with Gasteiger partial charge in [0.05, 0.1) is 18.2 Å². The molecule has 1 aliphatic heterocycles. The standard InChI is InChI=1S/C15H24N2O2/c1-14(2)10-15(11-16,8-9-19-14)17-12-4-6-13(18-3)7-5-12/h4-7,17H,8-11,16H2,1-3H3. The van der Waals surface area contributed by atoms with E-state index in [-0.39, 0.29) is 11.1 Å². The topological polar surface area (TPSA) is 56.5 Å². The number of methoxy groups -OCH3 is 1. The fourth-order valence-corrected chi connectivity index (χ4v) is 2.79. The maximum Gasteiger partial charge on any atom is 0.119 e. The molecule has 1 unspecified atom stereocenters. The maximum atomic E-state index is 6.02. The fourth-order valence-electron chi connectivity index (χ4n) is 2.79. The first-order valence-electron chi connectivity index (χ1n) is 6.75. The van der Waals surface area contributed by atoms with Gasteiger partial charge in [-0.05, 0) is 44.5 Å². The zero-order valence-corrected chi connectivity index (χ0v) is 12.0. The van der Waals surface area contributed by atoms with Crippen molar-refractivity contribution in [1.82, 2.24) is 0 Å². The molecule has 1 aromatic carbocycles. The van der Waals surface area contributed by atoms with Crippen LogP contribution in [-0.4, -0.2) is 31.4 Å². The molecule has 4 nitrogen and oxygen atoms in total. The van der Waals surface area contributed by atoms with Gasteiger partial charge in [-0.25, -0.2) is 0 Å². The summed E-state index contributed by atoms with van der Waals surface area (Å²) in [5.41, 5.74) is 6.88. The van der Waals surface area contributed by atoms with Gasteiger partial charge < -0.3 is 20.5 Å². The largest absolute Gasteiger partial charge is 0.497 e. The molecule has 4 heteroatoms. The van der Waals surface area contributed by atoms with Crippen molar-refractivity contribution in [2.24, 2.45) is 5.73 Å². The smallest absolute Gasteiger partial charge is 0.119 e. The Balaban J connectivity index is 2.13. The van der Waals surface area contributed by atoms with E-state index in [2.05, 4.69) is 19.2 Å². The van der Waals surface area contributed by atoms with Crippen LogP contribution < -0.4 is 15.8 Å². The second-order valence-corrected chi connectivity index (χ2v) is 5.87. The van der Waals surface area contributed by atoms with E-state index in [1.165, 1.54) is 0 Å². The molecule has 1 aliphatic rings. The minimum absolute atomic E-state index is 0.0870. The number of hydrogen-bond donors (Lipinski definition) is 2. The summed E-state index contributed by atoms with van der Waals surface area (Å²) in [4.78, 5) is 0. The minimum atomic E-state index is -0.128. The lowest BCUT2D eigenvalue weighted by molar-refractivity contribution is -0.0736. The molecule has 19 heavy (non-hydrogen) atoms. The van der Waals surface area contributed by atoms with Crippen LogP contribution in [0.5, 0.6) is 5.75 Å². The highest BCUT2D eigenvalue weighted by atomic mass is 16.5. The van der Waals surface area contributed by atoms with Crippen molar-refractivity contribution in [1.29, 1.82) is 0 Å². The third-order valence-electron chi connectivity index (χ3n) is 3.73. The summed E-state index contributed by atoms with van der Waals surface area (Å²) in [6.07, 6.45) is 1.83. The summed E-state index contributed by atoms with van der Waals surface area (Å²) in [5, 5.41) is 3.59. The van der Waals surface area contributed by atoms with Crippen molar-refractivity contribution in [2.45, 2.75) is 37.8 Å². The van der Waals surface area contributed by atoms with Crippen molar-refractivity contribution in [3.8, 4) is 5.75 Å². The highest BCUT2D eigenvalue weighted by molar-refractivity contribution is 5.48. The average Bonchev–Trinajstić information content (AvgIpc) is 2.38. The molecule has 1 aromatic rings. The van der Waals surface area contributed by atoms with E-state index in [9.17, 15) is 0 Å². The third-order valence-corrected chi connectivity index (χ3v) is 3.73. The quantitative estimate of drug-likeness (QED) is 0.876. The number of anilines is 1. The molecule has 0 saturated carbocycles. The Bertz CT molecular complexity index is 417. The second kappa shape index (κ2) is 5.39. The van der Waals surface area contributed by atoms with Gasteiger partial charge in [-0.2, -0.15) is 0 Å². The highest BCUT2D eigenvalue weighted by Gasteiger charge is 2.39. The predicted molar refractivity (Wildman–Crippen MR) is 77.7 cm³/mol. The van der Waals surface area contributed by atoms with Crippen LogP contribution in [-0.2, 0) is 4.74 Å². The van der Waals surface area contributed by atoms with Gasteiger partial charge in [0, 0.05) is 25.3 Å². The Morgan fingerprint density at radius 1 is 1.32 bits per heavy atom. The van der Waals surface area contributed by atoms with E-state index in [4.69, 9.17) is 15.2 Å². The molecule has 2 rings (SSSR count). The molecule has 3 N–H and O–H groups in total. The van der Waals surface area contributed by atoms with Gasteiger partial charge in [0.1, 0.15) is 5.75 Å². The number of nitrogens with two attached hydrogens (primary N) is 1. The molecular formula is C15H24N2O2. The average molecular weight is 264 g/mol. The summed E-state index contributed by atoms with van der Waals surface area (Å²) in [5.74, 6) is 0.861. The van der Waals surface area contributed by atoms with Crippen LogP contribution in [0.15, 0.2) is 24.3 Å². The van der Waals surface area contributed by atoms with E-state index >= 15 is 0 Å². The van der Waals surface area contributed by atoms with Gasteiger partial charge in [0.25, 0.3) is 0 Å². The van der Waals surface area contributed by atoms with Crippen LogP contribution in [0.25, 0.3) is 0 Å². The Hall–Kier alpha value is -1.26. The van der Waals surface area contributed by atoms with Gasteiger partial charge in [-0.15, -0.1) is 0 Å². The lowest BCUT2D eigenvalue weighted by Gasteiger charge is -2.45. The summed E-state index contributed by atoms with van der Waals surface area (Å²) in [6, 6.07) is 7.96. The van der Waals surface area contributed by atoms with Crippen LogP contribution in [0, 0.1) is 0 Å². The first kappa shape index (κ1) is 14.2. The molecule has 0 radical (unpaired) electrons. The van der Waals surface area contributed by atoms with E-state index in [0.29, 0.717) is 6.54 Å². The molecule has 0 bridgehead atoms. The molecule has 0 amide bonds. The van der Waals surface area contributed by atoms with Gasteiger partial charge >= 0.3 is 0 Å². The van der Waals surface area contributed by atoms with E-state index < -0.39 is 0 Å². The van der Waals surface area contributed by atoms with Gasteiger partial charge in [0.15, 0.2) is 0 Å². The predicted octanol–water partition coefficient (Wildman–Crippen LogP) is 2.39. The van der Waals surface area contributed by atoms with Gasteiger partial charge in [0.2, 0.25) is 0 Å². The monoisotopic (exact) mass is 264 g/mol. The van der Waals surface area contributed by atoms with Crippen LogP contribution in [0.2, 0.25) is 0 Å². The SMILES string of the molecule is COc1ccc(NC2(CN)CCOC(C)(C)C2)cc1. The third kappa shape index (κ3) is 3.39. The van der Waals surface area contributed by atoms with Crippen LogP contribution in [0.3, 0.4) is 0 Å². The molecule has 0 aromatic heterocycles. The Kier molecular flexibility index (Phi) is 4.02. The zero-order valence-electron chi connectivity index (χ0n) is 12.0. The van der Waals surface area contributed by atoms with Crippen molar-refractivity contribution < 1.29 is 9.47 Å². The van der Waals surface area contributed by atoms with E-state index in [0.717, 1.165) is 30.9 Å². The second-order valence-electron chi connectivity index (χ2n) is 5.87. The normalized spacial score (nSPS) is 25.9. The number of benzene rings is 1. The summed E-state index contributed by atoms with van der Waals surface area (Å²) >= 11 is 0. The lowest BCUT2D eigenvalue weighted by atomic mass is 9.81. The molecule has 106 valence electrons. The summed E-state index contributed by atoms with van der Waals surface area (Å²) in [6.45, 7) is 5.58. The van der Waals surface area contributed by atoms with Crippen LogP contribution >= 0.6 is 0 Å². The Morgan fingerprint density at radius 3 is 2.53 bits per heavy atom. The van der Waals surface area contributed by atoms with Crippen molar-refractivity contribution in [3.63, 3.8) is 0 Å². The van der Waals surface area contributed by atoms with Crippen molar-refractivity contribution >= 4 is 5.69 Å². The summed E-state index contributed by atoms with van der Waals surface area (Å²) < 4.78 is 11.0. The zero-order chi connectivity index (χ0) is 13.9. The molecule has 1 atom stereocenters. The van der Waals surface area contributed by atoms with Crippen LogP contribution in [0.1, 0.15) is 26.7 Å². The lowest BCUT2D eigenvalue weighted by Crippen LogP contribution is -2.55.